The van der Waals surface area contributed by atoms with E-state index in [0.717, 1.165) is 22.3 Å². The van der Waals surface area contributed by atoms with Crippen LogP contribution in [0.4, 0.5) is 0 Å². The lowest BCUT2D eigenvalue weighted by Crippen LogP contribution is -2.00. The molecule has 1 aromatic heterocycles. The van der Waals surface area contributed by atoms with Gasteiger partial charge in [0, 0.05) is 16.7 Å². The highest BCUT2D eigenvalue weighted by Gasteiger charge is 2.19. The zero-order valence-electron chi connectivity index (χ0n) is 27.2. The SMILES string of the molecule is c1ccc(-c2nc(-c3ccccc3)nc(-c3ccc(-c4c5ccccc5c(-c5ccccc5-c5ccccc5)c5ccccc45)cc3)n2)cc1. The maximum absolute atomic E-state index is 4.96. The Hall–Kier alpha value is -6.71. The van der Waals surface area contributed by atoms with Crippen molar-refractivity contribution in [1.29, 1.82) is 0 Å². The van der Waals surface area contributed by atoms with Crippen LogP contribution in [0.25, 0.3) is 89.1 Å². The van der Waals surface area contributed by atoms with Crippen molar-refractivity contribution in [2.75, 3.05) is 0 Å². The van der Waals surface area contributed by atoms with Gasteiger partial charge in [-0.3, -0.25) is 0 Å². The van der Waals surface area contributed by atoms with E-state index in [1.165, 1.54) is 49.4 Å². The topological polar surface area (TPSA) is 38.7 Å². The molecule has 0 radical (unpaired) electrons. The van der Waals surface area contributed by atoms with Crippen LogP contribution < -0.4 is 0 Å². The molecule has 0 saturated carbocycles. The minimum absolute atomic E-state index is 0.645. The smallest absolute Gasteiger partial charge is 0.164 e. The average Bonchev–Trinajstić information content (AvgIpc) is 3.21. The van der Waals surface area contributed by atoms with Crippen molar-refractivity contribution in [3.63, 3.8) is 0 Å². The van der Waals surface area contributed by atoms with Crippen molar-refractivity contribution in [3.05, 3.63) is 188 Å². The molecule has 1 heterocycles. The molecular formula is C47H31N3. The molecule has 0 spiro atoms. The average molecular weight is 638 g/mol. The van der Waals surface area contributed by atoms with E-state index in [4.69, 9.17) is 15.0 Å². The van der Waals surface area contributed by atoms with Gasteiger partial charge in [-0.15, -0.1) is 0 Å². The summed E-state index contributed by atoms with van der Waals surface area (Å²) in [4.78, 5) is 14.8. The lowest BCUT2D eigenvalue weighted by Gasteiger charge is -2.19. The number of rotatable bonds is 6. The summed E-state index contributed by atoms with van der Waals surface area (Å²) in [5, 5.41) is 4.89. The number of hydrogen-bond acceptors (Lipinski definition) is 3. The van der Waals surface area contributed by atoms with Crippen LogP contribution in [0.15, 0.2) is 188 Å². The summed E-state index contributed by atoms with van der Waals surface area (Å²) in [5.41, 5.74) is 10.1. The van der Waals surface area contributed by atoms with Crippen LogP contribution in [-0.4, -0.2) is 15.0 Å². The van der Waals surface area contributed by atoms with Crippen molar-refractivity contribution in [2.24, 2.45) is 0 Å². The molecule has 9 rings (SSSR count). The Morgan fingerprint density at radius 1 is 0.220 bits per heavy atom. The summed E-state index contributed by atoms with van der Waals surface area (Å²) < 4.78 is 0. The molecule has 0 aliphatic carbocycles. The number of benzene rings is 8. The fourth-order valence-electron chi connectivity index (χ4n) is 7.02. The van der Waals surface area contributed by atoms with Crippen LogP contribution in [0.2, 0.25) is 0 Å². The van der Waals surface area contributed by atoms with Gasteiger partial charge in [0.15, 0.2) is 17.5 Å². The molecule has 3 nitrogen and oxygen atoms in total. The Morgan fingerprint density at radius 2 is 0.540 bits per heavy atom. The third-order valence-corrected chi connectivity index (χ3v) is 9.34. The fraction of sp³-hybridized carbons (Fsp3) is 0. The van der Waals surface area contributed by atoms with E-state index >= 15 is 0 Å². The van der Waals surface area contributed by atoms with E-state index in [1.807, 2.05) is 60.7 Å². The largest absolute Gasteiger partial charge is 0.208 e. The normalized spacial score (nSPS) is 11.2. The van der Waals surface area contributed by atoms with E-state index in [1.54, 1.807) is 0 Å². The monoisotopic (exact) mass is 637 g/mol. The second-order valence-corrected chi connectivity index (χ2v) is 12.4. The van der Waals surface area contributed by atoms with E-state index in [2.05, 4.69) is 127 Å². The first-order valence-corrected chi connectivity index (χ1v) is 16.9. The Morgan fingerprint density at radius 3 is 1.00 bits per heavy atom. The maximum Gasteiger partial charge on any atom is 0.164 e. The van der Waals surface area contributed by atoms with Crippen molar-refractivity contribution in [2.45, 2.75) is 0 Å². The van der Waals surface area contributed by atoms with Gasteiger partial charge in [-0.05, 0) is 54.9 Å². The molecule has 0 N–H and O–H groups in total. The number of fused-ring (bicyclic) bond motifs is 2. The second kappa shape index (κ2) is 12.7. The molecule has 0 aliphatic rings. The molecule has 234 valence electrons. The highest BCUT2D eigenvalue weighted by Crippen LogP contribution is 2.46. The minimum atomic E-state index is 0.645. The predicted molar refractivity (Wildman–Crippen MR) is 207 cm³/mol. The molecule has 0 fully saturated rings. The van der Waals surface area contributed by atoms with Gasteiger partial charge in [-0.25, -0.2) is 15.0 Å². The molecule has 0 bridgehead atoms. The molecule has 9 aromatic rings. The van der Waals surface area contributed by atoms with Crippen LogP contribution in [-0.2, 0) is 0 Å². The maximum atomic E-state index is 4.96. The third kappa shape index (κ3) is 5.32. The third-order valence-electron chi connectivity index (χ3n) is 9.34. The molecule has 0 aliphatic heterocycles. The fourth-order valence-corrected chi connectivity index (χ4v) is 7.02. The van der Waals surface area contributed by atoms with Gasteiger partial charge >= 0.3 is 0 Å². The summed E-state index contributed by atoms with van der Waals surface area (Å²) in [6.07, 6.45) is 0. The summed E-state index contributed by atoms with van der Waals surface area (Å²) in [7, 11) is 0. The number of hydrogen-bond donors (Lipinski definition) is 0. The van der Waals surface area contributed by atoms with Gasteiger partial charge in [0.25, 0.3) is 0 Å². The minimum Gasteiger partial charge on any atom is -0.208 e. The first-order valence-electron chi connectivity index (χ1n) is 16.9. The summed E-state index contributed by atoms with van der Waals surface area (Å²) in [6, 6.07) is 65.9. The van der Waals surface area contributed by atoms with Crippen LogP contribution in [0, 0.1) is 0 Å². The van der Waals surface area contributed by atoms with Crippen LogP contribution in [0.5, 0.6) is 0 Å². The van der Waals surface area contributed by atoms with E-state index in [0.29, 0.717) is 17.5 Å². The molecule has 3 heteroatoms. The Kier molecular flexibility index (Phi) is 7.49. The van der Waals surface area contributed by atoms with Crippen molar-refractivity contribution < 1.29 is 0 Å². The standard InChI is InChI=1S/C47H31N3/c1-4-16-32(17-5-1)37-22-10-11-23-38(37)44-41-26-14-12-24-39(41)43(40-25-13-15-27-42(40)44)33-28-30-36(31-29-33)47-49-45(34-18-6-2-7-19-34)48-46(50-47)35-20-8-3-9-21-35/h1-31H. The molecule has 0 unspecified atom stereocenters. The highest BCUT2D eigenvalue weighted by molar-refractivity contribution is 6.22. The van der Waals surface area contributed by atoms with Gasteiger partial charge in [0.1, 0.15) is 0 Å². The van der Waals surface area contributed by atoms with Crippen LogP contribution >= 0.6 is 0 Å². The van der Waals surface area contributed by atoms with E-state index in [9.17, 15) is 0 Å². The first-order chi connectivity index (χ1) is 24.8. The summed E-state index contributed by atoms with van der Waals surface area (Å²) in [6.45, 7) is 0. The lowest BCUT2D eigenvalue weighted by atomic mass is 9.84. The number of nitrogens with zero attached hydrogens (tertiary/aromatic N) is 3. The van der Waals surface area contributed by atoms with E-state index in [-0.39, 0.29) is 0 Å². The van der Waals surface area contributed by atoms with E-state index < -0.39 is 0 Å². The zero-order valence-corrected chi connectivity index (χ0v) is 27.2. The predicted octanol–water partition coefficient (Wildman–Crippen LogP) is 12.2. The Balaban J connectivity index is 1.21. The van der Waals surface area contributed by atoms with Gasteiger partial charge in [0.05, 0.1) is 0 Å². The van der Waals surface area contributed by atoms with Gasteiger partial charge < -0.3 is 0 Å². The molecular weight excluding hydrogens is 607 g/mol. The summed E-state index contributed by atoms with van der Waals surface area (Å²) in [5.74, 6) is 1.95. The van der Waals surface area contributed by atoms with Crippen molar-refractivity contribution in [3.8, 4) is 67.5 Å². The van der Waals surface area contributed by atoms with Gasteiger partial charge in [0.2, 0.25) is 0 Å². The lowest BCUT2D eigenvalue weighted by molar-refractivity contribution is 1.07. The molecule has 0 saturated heterocycles. The summed E-state index contributed by atoms with van der Waals surface area (Å²) >= 11 is 0. The van der Waals surface area contributed by atoms with Gasteiger partial charge in [-0.1, -0.05) is 188 Å². The van der Waals surface area contributed by atoms with Gasteiger partial charge in [-0.2, -0.15) is 0 Å². The van der Waals surface area contributed by atoms with Crippen LogP contribution in [0.1, 0.15) is 0 Å². The Bertz CT molecular complexity index is 2500. The van der Waals surface area contributed by atoms with Crippen molar-refractivity contribution in [1.82, 2.24) is 15.0 Å². The first kappa shape index (κ1) is 29.4. The molecule has 8 aromatic carbocycles. The number of aromatic nitrogens is 3. The Labute approximate surface area is 291 Å². The van der Waals surface area contributed by atoms with Crippen molar-refractivity contribution >= 4 is 21.5 Å². The molecule has 50 heavy (non-hydrogen) atoms. The second-order valence-electron chi connectivity index (χ2n) is 12.4. The zero-order chi connectivity index (χ0) is 33.3. The highest BCUT2D eigenvalue weighted by atomic mass is 15.0. The quantitative estimate of drug-likeness (QED) is 0.170. The molecule has 0 atom stereocenters. The molecule has 0 amide bonds. The van der Waals surface area contributed by atoms with Crippen LogP contribution in [0.3, 0.4) is 0 Å².